The van der Waals surface area contributed by atoms with Gasteiger partial charge in [-0.3, -0.25) is 4.79 Å². The molecule has 1 atom stereocenters. The first-order valence-corrected chi connectivity index (χ1v) is 11.6. The molecule has 1 N–H and O–H groups in total. The summed E-state index contributed by atoms with van der Waals surface area (Å²) in [4.78, 5) is 24.1. The highest BCUT2D eigenvalue weighted by Crippen LogP contribution is 2.35. The minimum Gasteiger partial charge on any atom is -0.467 e. The number of nitrogens with one attached hydrogen (secondary N) is 1. The first-order chi connectivity index (χ1) is 12.0. The Balaban J connectivity index is 2.79. The van der Waals surface area contributed by atoms with Crippen molar-refractivity contribution < 1.29 is 18.7 Å². The topological polar surface area (TPSA) is 55.4 Å². The van der Waals surface area contributed by atoms with Crippen LogP contribution in [0.15, 0.2) is 24.3 Å². The lowest BCUT2D eigenvalue weighted by Crippen LogP contribution is -2.42. The van der Waals surface area contributed by atoms with Crippen molar-refractivity contribution in [2.75, 3.05) is 7.11 Å². The molecular weight excluding hydrogens is 349 g/mol. The van der Waals surface area contributed by atoms with Crippen molar-refractivity contribution in [3.05, 3.63) is 35.6 Å². The van der Waals surface area contributed by atoms with E-state index < -0.39 is 25.9 Å². The van der Waals surface area contributed by atoms with Crippen molar-refractivity contribution in [2.45, 2.75) is 57.8 Å². The van der Waals surface area contributed by atoms with Gasteiger partial charge in [0.05, 0.1) is 13.5 Å². The molecule has 0 fully saturated rings. The summed E-state index contributed by atoms with van der Waals surface area (Å²) in [5.41, 5.74) is 3.86. The van der Waals surface area contributed by atoms with Gasteiger partial charge in [-0.15, -0.1) is 11.5 Å². The summed E-state index contributed by atoms with van der Waals surface area (Å²) in [6.45, 7) is 10.8. The molecule has 4 nitrogen and oxygen atoms in total. The molecule has 0 saturated carbocycles. The van der Waals surface area contributed by atoms with E-state index in [0.29, 0.717) is 5.56 Å². The average Bonchev–Trinajstić information content (AvgIpc) is 2.51. The standard InChI is InChI=1S/C20H28FNO3Si/c1-20(2,3)26(5,6)12-8-11-17(19(24)25-4)22-18(23)14-15-9-7-10-16(21)13-15/h7,9-10,13,17H,11,14H2,1-6H3,(H,22,23)/t17-/m1/s1. The maximum atomic E-state index is 13.2. The van der Waals surface area contributed by atoms with Gasteiger partial charge in [0.2, 0.25) is 5.91 Å². The van der Waals surface area contributed by atoms with Gasteiger partial charge in [0, 0.05) is 6.42 Å². The predicted molar refractivity (Wildman–Crippen MR) is 104 cm³/mol. The van der Waals surface area contributed by atoms with Gasteiger partial charge in [-0.1, -0.05) is 46.0 Å². The Morgan fingerprint density at radius 2 is 1.96 bits per heavy atom. The van der Waals surface area contributed by atoms with Crippen LogP contribution in [0.5, 0.6) is 0 Å². The second-order valence-corrected chi connectivity index (χ2v) is 12.8. The Labute approximate surface area is 156 Å². The number of carbonyl (C=O) groups excluding carboxylic acids is 2. The SMILES string of the molecule is COC(=O)[C@@H](CC#C[Si](C)(C)C(C)(C)C)NC(=O)Cc1cccc(F)c1. The van der Waals surface area contributed by atoms with E-state index >= 15 is 0 Å². The summed E-state index contributed by atoms with van der Waals surface area (Å²) >= 11 is 0. The van der Waals surface area contributed by atoms with Crippen LogP contribution in [0.1, 0.15) is 32.8 Å². The summed E-state index contributed by atoms with van der Waals surface area (Å²) < 4.78 is 18.0. The number of rotatable bonds is 5. The number of esters is 1. The van der Waals surface area contributed by atoms with Crippen LogP contribution in [0, 0.1) is 17.3 Å². The van der Waals surface area contributed by atoms with E-state index in [1.54, 1.807) is 12.1 Å². The maximum absolute atomic E-state index is 13.2. The lowest BCUT2D eigenvalue weighted by atomic mass is 10.1. The fourth-order valence-corrected chi connectivity index (χ4v) is 2.89. The van der Waals surface area contributed by atoms with Gasteiger partial charge in [0.25, 0.3) is 0 Å². The lowest BCUT2D eigenvalue weighted by molar-refractivity contribution is -0.144. The van der Waals surface area contributed by atoms with Crippen LogP contribution in [-0.4, -0.2) is 33.1 Å². The van der Waals surface area contributed by atoms with Crippen LogP contribution in [0.2, 0.25) is 18.1 Å². The molecule has 1 aromatic carbocycles. The highest BCUT2D eigenvalue weighted by Gasteiger charge is 2.33. The molecule has 1 rings (SSSR count). The van der Waals surface area contributed by atoms with Crippen molar-refractivity contribution in [1.82, 2.24) is 5.32 Å². The number of amides is 1. The van der Waals surface area contributed by atoms with Crippen LogP contribution in [0.25, 0.3) is 0 Å². The number of hydrogen-bond acceptors (Lipinski definition) is 3. The van der Waals surface area contributed by atoms with Crippen LogP contribution >= 0.6 is 0 Å². The Kier molecular flexibility index (Phi) is 7.58. The zero-order valence-electron chi connectivity index (χ0n) is 16.4. The molecule has 1 amide bonds. The van der Waals surface area contributed by atoms with E-state index in [1.807, 2.05) is 0 Å². The number of carbonyl (C=O) groups is 2. The van der Waals surface area contributed by atoms with Gasteiger partial charge in [-0.05, 0) is 22.7 Å². The summed E-state index contributed by atoms with van der Waals surface area (Å²) in [7, 11) is -0.518. The molecule has 0 bridgehead atoms. The van der Waals surface area contributed by atoms with Gasteiger partial charge in [0.15, 0.2) is 0 Å². The zero-order chi connectivity index (χ0) is 20.0. The summed E-state index contributed by atoms with van der Waals surface area (Å²) in [5.74, 6) is 1.74. The van der Waals surface area contributed by atoms with Crippen molar-refractivity contribution >= 4 is 20.0 Å². The smallest absolute Gasteiger partial charge is 0.329 e. The normalized spacial score (nSPS) is 12.6. The van der Waals surface area contributed by atoms with Crippen LogP contribution in [-0.2, 0) is 20.7 Å². The second kappa shape index (κ2) is 8.99. The second-order valence-electron chi connectivity index (χ2n) is 7.83. The third-order valence-electron chi connectivity index (χ3n) is 4.66. The van der Waals surface area contributed by atoms with Crippen molar-refractivity contribution in [2.24, 2.45) is 0 Å². The molecule has 0 unspecified atom stereocenters. The third kappa shape index (κ3) is 6.64. The molecule has 0 aliphatic heterocycles. The highest BCUT2D eigenvalue weighted by atomic mass is 28.3. The van der Waals surface area contributed by atoms with Crippen molar-refractivity contribution in [3.63, 3.8) is 0 Å². The fraction of sp³-hybridized carbons (Fsp3) is 0.500. The van der Waals surface area contributed by atoms with Crippen LogP contribution in [0.4, 0.5) is 4.39 Å². The lowest BCUT2D eigenvalue weighted by Gasteiger charge is -2.31. The third-order valence-corrected chi connectivity index (χ3v) is 9.21. The molecular formula is C20H28FNO3Si. The molecule has 0 aliphatic rings. The Hall–Kier alpha value is -2.13. The number of ether oxygens (including phenoxy) is 1. The highest BCUT2D eigenvalue weighted by molar-refractivity contribution is 6.87. The van der Waals surface area contributed by atoms with E-state index in [1.165, 1.54) is 19.2 Å². The van der Waals surface area contributed by atoms with Gasteiger partial charge >= 0.3 is 5.97 Å². The van der Waals surface area contributed by atoms with E-state index in [-0.39, 0.29) is 23.8 Å². The van der Waals surface area contributed by atoms with E-state index in [4.69, 9.17) is 4.74 Å². The Bertz CT molecular complexity index is 714. The number of benzene rings is 1. The molecule has 1 aromatic rings. The van der Waals surface area contributed by atoms with Crippen LogP contribution in [0.3, 0.4) is 0 Å². The molecule has 0 saturated heterocycles. The summed E-state index contributed by atoms with van der Waals surface area (Å²) in [6.07, 6.45) is 0.176. The first kappa shape index (κ1) is 21.9. The molecule has 0 spiro atoms. The van der Waals surface area contributed by atoms with Gasteiger partial charge in [-0.2, -0.15) is 0 Å². The molecule has 0 radical (unpaired) electrons. The molecule has 142 valence electrons. The van der Waals surface area contributed by atoms with Crippen molar-refractivity contribution in [3.8, 4) is 11.5 Å². The van der Waals surface area contributed by atoms with E-state index in [9.17, 15) is 14.0 Å². The molecule has 0 heterocycles. The number of hydrogen-bond donors (Lipinski definition) is 1. The van der Waals surface area contributed by atoms with E-state index in [0.717, 1.165) is 0 Å². The monoisotopic (exact) mass is 377 g/mol. The van der Waals surface area contributed by atoms with Crippen LogP contribution < -0.4 is 5.32 Å². The summed E-state index contributed by atoms with van der Waals surface area (Å²) in [6, 6.07) is 4.98. The Morgan fingerprint density at radius 3 is 2.50 bits per heavy atom. The minimum absolute atomic E-state index is 0.0130. The van der Waals surface area contributed by atoms with E-state index in [2.05, 4.69) is 50.6 Å². The van der Waals surface area contributed by atoms with Gasteiger partial charge < -0.3 is 10.1 Å². The fourth-order valence-electron chi connectivity index (χ4n) is 1.97. The Morgan fingerprint density at radius 1 is 1.31 bits per heavy atom. The maximum Gasteiger partial charge on any atom is 0.329 e. The largest absolute Gasteiger partial charge is 0.467 e. The summed E-state index contributed by atoms with van der Waals surface area (Å²) in [5, 5.41) is 2.75. The van der Waals surface area contributed by atoms with Gasteiger partial charge in [0.1, 0.15) is 19.9 Å². The van der Waals surface area contributed by atoms with Gasteiger partial charge in [-0.25, -0.2) is 9.18 Å². The molecule has 26 heavy (non-hydrogen) atoms. The molecule has 0 aromatic heterocycles. The van der Waals surface area contributed by atoms with Crippen molar-refractivity contribution in [1.29, 1.82) is 0 Å². The predicted octanol–water partition coefficient (Wildman–Crippen LogP) is 3.47. The zero-order valence-corrected chi connectivity index (χ0v) is 17.4. The quantitative estimate of drug-likeness (QED) is 0.486. The number of methoxy groups -OCH3 is 1. The number of halogens is 1. The molecule has 0 aliphatic carbocycles. The minimum atomic E-state index is -1.79. The first-order valence-electron chi connectivity index (χ1n) is 8.58. The molecule has 6 heteroatoms. The average molecular weight is 378 g/mol.